The number of nitrogens with two attached hydrogens (primary N) is 1. The summed E-state index contributed by atoms with van der Waals surface area (Å²) in [6.45, 7) is -1.66. The molecule has 0 saturated carbocycles. The molecule has 2 aromatic heterocycles. The number of nitrogens with zero attached hydrogens (tertiary/aromatic N) is 3. The van der Waals surface area contributed by atoms with Crippen LogP contribution >= 0.6 is 0 Å². The van der Waals surface area contributed by atoms with Crippen molar-refractivity contribution in [2.24, 2.45) is 0 Å². The number of ether oxygens (including phenoxy) is 1. The molecule has 1 aliphatic heterocycles. The lowest BCUT2D eigenvalue weighted by Gasteiger charge is -2.19. The maximum atomic E-state index is 14.1. The third-order valence-corrected chi connectivity index (χ3v) is 3.70. The lowest BCUT2D eigenvalue weighted by atomic mass is 10.1. The van der Waals surface area contributed by atoms with Crippen LogP contribution in [-0.4, -0.2) is 54.6 Å². The maximum absolute atomic E-state index is 14.1. The predicted molar refractivity (Wildman–Crippen MR) is 69.8 cm³/mol. The first kappa shape index (κ1) is 15.0. The summed E-state index contributed by atoms with van der Waals surface area (Å²) in [7, 11) is 0. The zero-order chi connectivity index (χ0) is 16.1. The van der Waals surface area contributed by atoms with Crippen molar-refractivity contribution >= 4 is 16.9 Å². The van der Waals surface area contributed by atoms with E-state index in [9.17, 15) is 19.0 Å². The molecule has 4 atom stereocenters. The van der Waals surface area contributed by atoms with E-state index in [1.807, 2.05) is 0 Å². The minimum absolute atomic E-state index is 0.0748. The normalized spacial score (nSPS) is 32.0. The Morgan fingerprint density at radius 2 is 2.14 bits per heavy atom. The number of nitrogen functional groups attached to an aromatic ring is 1. The highest BCUT2D eigenvalue weighted by atomic mass is 19.2. The zero-order valence-corrected chi connectivity index (χ0v) is 11.2. The average Bonchev–Trinajstić information content (AvgIpc) is 3.00. The van der Waals surface area contributed by atoms with Crippen LogP contribution in [-0.2, 0) is 11.3 Å². The number of fused-ring (bicyclic) bond motifs is 1. The molecule has 0 radical (unpaired) electrons. The molecule has 0 unspecified atom stereocenters. The molecule has 1 saturated heterocycles. The van der Waals surface area contributed by atoms with Gasteiger partial charge in [0.05, 0.1) is 12.0 Å². The quantitative estimate of drug-likeness (QED) is 0.595. The first-order chi connectivity index (χ1) is 10.4. The number of alkyl halides is 2. The Morgan fingerprint density at radius 1 is 1.41 bits per heavy atom. The monoisotopic (exact) mass is 316 g/mol. The Labute approximate surface area is 122 Å². The van der Waals surface area contributed by atoms with Crippen molar-refractivity contribution < 1.29 is 28.8 Å². The zero-order valence-electron chi connectivity index (χ0n) is 11.2. The third kappa shape index (κ3) is 1.96. The van der Waals surface area contributed by atoms with Crippen molar-refractivity contribution in [3.05, 3.63) is 18.1 Å². The van der Waals surface area contributed by atoms with Crippen molar-refractivity contribution in [2.45, 2.75) is 31.0 Å². The predicted octanol–water partition coefficient (Wildman–Crippen LogP) is -0.608. The van der Waals surface area contributed by atoms with Gasteiger partial charge in [0.15, 0.2) is 12.4 Å². The molecular weight excluding hydrogens is 302 g/mol. The van der Waals surface area contributed by atoms with Gasteiger partial charge in [-0.15, -0.1) is 0 Å². The molecule has 0 bridgehead atoms. The van der Waals surface area contributed by atoms with Crippen LogP contribution < -0.4 is 5.73 Å². The van der Waals surface area contributed by atoms with E-state index in [1.165, 1.54) is 6.20 Å². The number of halogens is 2. The van der Waals surface area contributed by atoms with Crippen LogP contribution in [0.1, 0.15) is 11.8 Å². The lowest BCUT2D eigenvalue weighted by Crippen LogP contribution is -2.39. The number of rotatable bonds is 3. The average molecular weight is 316 g/mol. The number of hydrogen-bond acceptors (Lipinski definition) is 7. The highest BCUT2D eigenvalue weighted by Gasteiger charge is 2.57. The van der Waals surface area contributed by atoms with Gasteiger partial charge in [-0.25, -0.2) is 18.7 Å². The summed E-state index contributed by atoms with van der Waals surface area (Å²) in [5.41, 5.74) is 6.19. The fourth-order valence-corrected chi connectivity index (χ4v) is 2.58. The molecule has 22 heavy (non-hydrogen) atoms. The second kappa shape index (κ2) is 5.09. The summed E-state index contributed by atoms with van der Waals surface area (Å²) >= 11 is 0. The maximum Gasteiger partial charge on any atom is 0.268 e. The molecule has 120 valence electrons. The number of hydrogen-bond donors (Lipinski definition) is 4. The molecule has 10 heteroatoms. The van der Waals surface area contributed by atoms with E-state index in [0.717, 1.165) is 10.9 Å². The number of anilines is 1. The van der Waals surface area contributed by atoms with E-state index < -0.39 is 37.6 Å². The fraction of sp³-hybridized carbons (Fsp3) is 0.500. The van der Waals surface area contributed by atoms with Gasteiger partial charge in [-0.3, -0.25) is 0 Å². The van der Waals surface area contributed by atoms with Crippen LogP contribution in [0.4, 0.5) is 14.6 Å². The lowest BCUT2D eigenvalue weighted by molar-refractivity contribution is -0.195. The summed E-state index contributed by atoms with van der Waals surface area (Å²) < 4.78 is 33.9. The van der Waals surface area contributed by atoms with E-state index >= 15 is 0 Å². The van der Waals surface area contributed by atoms with Crippen LogP contribution in [0.3, 0.4) is 0 Å². The summed E-state index contributed by atoms with van der Waals surface area (Å²) in [6, 6.07) is 0. The number of aromatic nitrogens is 3. The molecule has 3 heterocycles. The SMILES string of the molecule is Nc1ncnc2c1c(CO)cn2[C@@H]1O[C@](F)(CO)[C@@H](F)[C@H]1O. The molecular formula is C12H14F2N4O4. The second-order valence-corrected chi connectivity index (χ2v) is 5.02. The summed E-state index contributed by atoms with van der Waals surface area (Å²) in [5, 5.41) is 28.5. The molecule has 0 spiro atoms. The molecule has 1 aliphatic rings. The Balaban J connectivity index is 2.14. The van der Waals surface area contributed by atoms with E-state index in [4.69, 9.17) is 15.6 Å². The molecule has 8 nitrogen and oxygen atoms in total. The highest BCUT2D eigenvalue weighted by molar-refractivity contribution is 5.89. The first-order valence-corrected chi connectivity index (χ1v) is 6.43. The molecule has 0 aliphatic carbocycles. The van der Waals surface area contributed by atoms with Gasteiger partial charge in [0.1, 0.15) is 30.5 Å². The van der Waals surface area contributed by atoms with Gasteiger partial charge in [-0.2, -0.15) is 0 Å². The molecule has 5 N–H and O–H groups in total. The van der Waals surface area contributed by atoms with Crippen molar-refractivity contribution in [2.75, 3.05) is 12.3 Å². The van der Waals surface area contributed by atoms with Crippen LogP contribution in [0.5, 0.6) is 0 Å². The molecule has 0 aromatic carbocycles. The smallest absolute Gasteiger partial charge is 0.268 e. The Kier molecular flexibility index (Phi) is 3.48. The van der Waals surface area contributed by atoms with Gasteiger partial charge in [0, 0.05) is 11.8 Å². The summed E-state index contributed by atoms with van der Waals surface area (Å²) in [4.78, 5) is 7.74. The summed E-state index contributed by atoms with van der Waals surface area (Å²) in [6.07, 6.45) is -3.31. The van der Waals surface area contributed by atoms with Crippen molar-refractivity contribution in [1.82, 2.24) is 14.5 Å². The van der Waals surface area contributed by atoms with Gasteiger partial charge in [0.2, 0.25) is 0 Å². The van der Waals surface area contributed by atoms with E-state index in [-0.39, 0.29) is 11.5 Å². The van der Waals surface area contributed by atoms with Gasteiger partial charge in [-0.05, 0) is 0 Å². The van der Waals surface area contributed by atoms with E-state index in [1.54, 1.807) is 0 Å². The molecule has 2 aromatic rings. The number of aliphatic hydroxyl groups excluding tert-OH is 3. The van der Waals surface area contributed by atoms with Gasteiger partial charge >= 0.3 is 0 Å². The molecule has 1 fully saturated rings. The Morgan fingerprint density at radius 3 is 2.73 bits per heavy atom. The topological polar surface area (TPSA) is 127 Å². The third-order valence-electron chi connectivity index (χ3n) is 3.70. The van der Waals surface area contributed by atoms with E-state index in [2.05, 4.69) is 9.97 Å². The van der Waals surface area contributed by atoms with Crippen LogP contribution in [0.15, 0.2) is 12.5 Å². The van der Waals surface area contributed by atoms with Crippen LogP contribution in [0.2, 0.25) is 0 Å². The number of aliphatic hydroxyl groups is 3. The Bertz CT molecular complexity index is 712. The van der Waals surface area contributed by atoms with Crippen molar-refractivity contribution in [3.8, 4) is 0 Å². The fourth-order valence-electron chi connectivity index (χ4n) is 2.58. The standard InChI is InChI=1S/C12H14F2N4O4/c13-8-7(21)11(22-12(8,14)3-20)18-1-5(2-19)6-9(15)16-4-17-10(6)18/h1,4,7-8,11,19-21H,2-3H2,(H2,15,16,17)/t7-,8+,11-,12-/m1/s1. The summed E-state index contributed by atoms with van der Waals surface area (Å²) in [5.74, 6) is -2.94. The minimum atomic E-state index is -3.02. The van der Waals surface area contributed by atoms with Crippen molar-refractivity contribution in [3.63, 3.8) is 0 Å². The van der Waals surface area contributed by atoms with Crippen molar-refractivity contribution in [1.29, 1.82) is 0 Å². The first-order valence-electron chi connectivity index (χ1n) is 6.43. The van der Waals surface area contributed by atoms with Crippen LogP contribution in [0, 0.1) is 0 Å². The largest absolute Gasteiger partial charge is 0.392 e. The molecule has 3 rings (SSSR count). The Hall–Kier alpha value is -1.88. The minimum Gasteiger partial charge on any atom is -0.392 e. The molecule has 0 amide bonds. The highest BCUT2D eigenvalue weighted by Crippen LogP contribution is 2.41. The van der Waals surface area contributed by atoms with Gasteiger partial charge in [-0.1, -0.05) is 0 Å². The van der Waals surface area contributed by atoms with Gasteiger partial charge < -0.3 is 30.4 Å². The van der Waals surface area contributed by atoms with E-state index in [0.29, 0.717) is 10.9 Å². The van der Waals surface area contributed by atoms with Gasteiger partial charge in [0.25, 0.3) is 5.85 Å². The van der Waals surface area contributed by atoms with Crippen LogP contribution in [0.25, 0.3) is 11.0 Å². The second-order valence-electron chi connectivity index (χ2n) is 5.02.